The molecular weight excluding hydrogens is 388 g/mol. The van der Waals surface area contributed by atoms with E-state index in [0.717, 1.165) is 22.7 Å². The second kappa shape index (κ2) is 7.90. The Morgan fingerprint density at radius 3 is 2.73 bits per heavy atom. The molecule has 0 atom stereocenters. The lowest BCUT2D eigenvalue weighted by Gasteiger charge is -2.11. The average Bonchev–Trinajstić information content (AvgIpc) is 3.31. The minimum atomic E-state index is -0.840. The summed E-state index contributed by atoms with van der Waals surface area (Å²) < 4.78 is 18.2. The Morgan fingerprint density at radius 1 is 1.13 bits per heavy atom. The first-order valence-electron chi connectivity index (χ1n) is 9.38. The fourth-order valence-corrected chi connectivity index (χ4v) is 3.42. The summed E-state index contributed by atoms with van der Waals surface area (Å²) in [5, 5.41) is 11.6. The molecule has 30 heavy (non-hydrogen) atoms. The molecule has 0 radical (unpaired) electrons. The number of carbonyl (C=O) groups excluding carboxylic acids is 2. The van der Waals surface area contributed by atoms with Gasteiger partial charge in [-0.2, -0.15) is 4.73 Å². The topological polar surface area (TPSA) is 93.7 Å². The van der Waals surface area contributed by atoms with E-state index in [4.69, 9.17) is 14.2 Å². The third kappa shape index (κ3) is 3.71. The molecule has 0 unspecified atom stereocenters. The molecule has 1 aromatic carbocycles. The van der Waals surface area contributed by atoms with Gasteiger partial charge in [0.1, 0.15) is 0 Å². The highest BCUT2D eigenvalue weighted by molar-refractivity contribution is 6.00. The first-order valence-corrected chi connectivity index (χ1v) is 9.38. The SMILES string of the molecule is Cc1cc(C(=O)COC(=O)c2cccc[n+]2[O-])c(C)n1Cc1ccc2c(c1)OCO2. The Labute approximate surface area is 172 Å². The van der Waals surface area contributed by atoms with Crippen LogP contribution in [0, 0.1) is 19.1 Å². The molecule has 154 valence electrons. The lowest BCUT2D eigenvalue weighted by Crippen LogP contribution is -2.35. The molecule has 0 amide bonds. The highest BCUT2D eigenvalue weighted by Crippen LogP contribution is 2.33. The van der Waals surface area contributed by atoms with Gasteiger partial charge in [-0.1, -0.05) is 6.07 Å². The van der Waals surface area contributed by atoms with Crippen molar-refractivity contribution in [2.45, 2.75) is 20.4 Å². The number of pyridine rings is 1. The minimum Gasteiger partial charge on any atom is -0.618 e. The van der Waals surface area contributed by atoms with Gasteiger partial charge in [-0.15, -0.1) is 0 Å². The average molecular weight is 408 g/mol. The summed E-state index contributed by atoms with van der Waals surface area (Å²) in [7, 11) is 0. The summed E-state index contributed by atoms with van der Waals surface area (Å²) in [5.74, 6) is 0.250. The predicted molar refractivity (Wildman–Crippen MR) is 106 cm³/mol. The molecular formula is C22H20N2O6. The third-order valence-electron chi connectivity index (χ3n) is 5.02. The number of rotatable bonds is 6. The highest BCUT2D eigenvalue weighted by Gasteiger charge is 2.21. The zero-order chi connectivity index (χ0) is 21.3. The lowest BCUT2D eigenvalue weighted by atomic mass is 10.1. The van der Waals surface area contributed by atoms with Gasteiger partial charge in [0.25, 0.3) is 0 Å². The summed E-state index contributed by atoms with van der Waals surface area (Å²) in [6.45, 7) is 4.08. The Morgan fingerprint density at radius 2 is 1.93 bits per heavy atom. The molecule has 3 aromatic rings. The molecule has 8 nitrogen and oxygen atoms in total. The van der Waals surface area contributed by atoms with Gasteiger partial charge in [-0.05, 0) is 43.7 Å². The molecule has 1 aliphatic rings. The third-order valence-corrected chi connectivity index (χ3v) is 5.02. The van der Waals surface area contributed by atoms with Gasteiger partial charge in [0.05, 0.1) is 0 Å². The first-order chi connectivity index (χ1) is 14.4. The number of aromatic nitrogens is 2. The van der Waals surface area contributed by atoms with Gasteiger partial charge in [-0.3, -0.25) is 4.79 Å². The number of esters is 1. The van der Waals surface area contributed by atoms with Crippen LogP contribution >= 0.6 is 0 Å². The second-order valence-corrected chi connectivity index (χ2v) is 6.97. The number of fused-ring (bicyclic) bond motifs is 1. The van der Waals surface area contributed by atoms with Crippen LogP contribution in [0.4, 0.5) is 0 Å². The van der Waals surface area contributed by atoms with Crippen molar-refractivity contribution in [3.05, 3.63) is 82.1 Å². The molecule has 8 heteroatoms. The van der Waals surface area contributed by atoms with E-state index in [-0.39, 0.29) is 18.3 Å². The molecule has 0 N–H and O–H groups in total. The molecule has 0 fully saturated rings. The number of benzene rings is 1. The van der Waals surface area contributed by atoms with Crippen molar-refractivity contribution >= 4 is 11.8 Å². The molecule has 0 saturated carbocycles. The lowest BCUT2D eigenvalue weighted by molar-refractivity contribution is -0.608. The number of carbonyl (C=O) groups is 2. The van der Waals surface area contributed by atoms with E-state index in [2.05, 4.69) is 0 Å². The number of Topliss-reactive ketones (excluding diaryl/α,β-unsaturated/α-hetero) is 1. The van der Waals surface area contributed by atoms with Gasteiger partial charge in [-0.25, -0.2) is 4.79 Å². The fraction of sp³-hybridized carbons (Fsp3) is 0.227. The van der Waals surface area contributed by atoms with Crippen LogP contribution in [-0.4, -0.2) is 29.7 Å². The van der Waals surface area contributed by atoms with Crippen molar-refractivity contribution in [1.82, 2.24) is 4.57 Å². The number of aryl methyl sites for hydroxylation is 1. The van der Waals surface area contributed by atoms with Crippen LogP contribution < -0.4 is 14.2 Å². The van der Waals surface area contributed by atoms with E-state index in [0.29, 0.717) is 22.6 Å². The van der Waals surface area contributed by atoms with E-state index >= 15 is 0 Å². The van der Waals surface area contributed by atoms with Crippen LogP contribution in [0.1, 0.15) is 37.8 Å². The van der Waals surface area contributed by atoms with Gasteiger partial charge in [0.15, 0.2) is 24.3 Å². The molecule has 0 saturated heterocycles. The number of ether oxygens (including phenoxy) is 3. The van der Waals surface area contributed by atoms with Gasteiger partial charge < -0.3 is 24.0 Å². The Bertz CT molecular complexity index is 1130. The van der Waals surface area contributed by atoms with Gasteiger partial charge in [0, 0.05) is 35.6 Å². The predicted octanol–water partition coefficient (Wildman–Crippen LogP) is 2.56. The summed E-state index contributed by atoms with van der Waals surface area (Å²) >= 11 is 0. The number of hydrogen-bond donors (Lipinski definition) is 0. The monoisotopic (exact) mass is 408 g/mol. The smallest absolute Gasteiger partial charge is 0.405 e. The van der Waals surface area contributed by atoms with Crippen LogP contribution in [-0.2, 0) is 11.3 Å². The molecule has 3 heterocycles. The summed E-state index contributed by atoms with van der Waals surface area (Å²) in [5.41, 5.74) is 2.99. The summed E-state index contributed by atoms with van der Waals surface area (Å²) in [6.07, 6.45) is 1.20. The molecule has 2 aromatic heterocycles. The van der Waals surface area contributed by atoms with E-state index in [1.54, 1.807) is 12.1 Å². The molecule has 4 rings (SSSR count). The van der Waals surface area contributed by atoms with E-state index in [1.165, 1.54) is 18.3 Å². The van der Waals surface area contributed by atoms with E-state index < -0.39 is 12.6 Å². The molecule has 0 bridgehead atoms. The zero-order valence-electron chi connectivity index (χ0n) is 16.6. The Kier molecular flexibility index (Phi) is 5.14. The molecule has 0 spiro atoms. The van der Waals surface area contributed by atoms with Crippen LogP contribution in [0.25, 0.3) is 0 Å². The standard InChI is InChI=1S/C22H20N2O6/c1-14-9-17(19(25)12-28-22(26)18-5-3-4-8-24(18)27)15(2)23(14)11-16-6-7-20-21(10-16)30-13-29-20/h3-10H,11-13H2,1-2H3. The normalized spacial score (nSPS) is 12.1. The van der Waals surface area contributed by atoms with E-state index in [9.17, 15) is 14.8 Å². The van der Waals surface area contributed by atoms with Crippen molar-refractivity contribution in [2.24, 2.45) is 0 Å². The van der Waals surface area contributed by atoms with Crippen molar-refractivity contribution in [3.63, 3.8) is 0 Å². The van der Waals surface area contributed by atoms with Crippen LogP contribution in [0.3, 0.4) is 0 Å². The quantitative estimate of drug-likeness (QED) is 0.269. The van der Waals surface area contributed by atoms with Crippen molar-refractivity contribution in [1.29, 1.82) is 0 Å². The van der Waals surface area contributed by atoms with Crippen LogP contribution in [0.5, 0.6) is 11.5 Å². The van der Waals surface area contributed by atoms with E-state index in [1.807, 2.05) is 36.6 Å². The van der Waals surface area contributed by atoms with Crippen molar-refractivity contribution in [3.8, 4) is 11.5 Å². The fourth-order valence-electron chi connectivity index (χ4n) is 3.42. The Hall–Kier alpha value is -3.81. The maximum atomic E-state index is 12.6. The van der Waals surface area contributed by atoms with Crippen molar-refractivity contribution in [2.75, 3.05) is 13.4 Å². The van der Waals surface area contributed by atoms with Crippen LogP contribution in [0.15, 0.2) is 48.7 Å². The zero-order valence-corrected chi connectivity index (χ0v) is 16.6. The largest absolute Gasteiger partial charge is 0.618 e. The highest BCUT2D eigenvalue weighted by atomic mass is 16.7. The maximum Gasteiger partial charge on any atom is 0.405 e. The maximum absolute atomic E-state index is 12.6. The van der Waals surface area contributed by atoms with Gasteiger partial charge in [0.2, 0.25) is 12.6 Å². The number of ketones is 1. The summed E-state index contributed by atoms with van der Waals surface area (Å²) in [4.78, 5) is 24.7. The molecule has 1 aliphatic heterocycles. The van der Waals surface area contributed by atoms with Gasteiger partial charge >= 0.3 is 11.7 Å². The number of hydrogen-bond acceptors (Lipinski definition) is 6. The van der Waals surface area contributed by atoms with Crippen molar-refractivity contribution < 1.29 is 28.5 Å². The summed E-state index contributed by atoms with van der Waals surface area (Å²) in [6, 6.07) is 11.9. The second-order valence-electron chi connectivity index (χ2n) is 6.97. The first kappa shape index (κ1) is 19.5. The molecule has 0 aliphatic carbocycles. The number of nitrogens with zero attached hydrogens (tertiary/aromatic N) is 2. The minimum absolute atomic E-state index is 0.168. The van der Waals surface area contributed by atoms with Crippen LogP contribution in [0.2, 0.25) is 0 Å². The Balaban J connectivity index is 1.47.